The summed E-state index contributed by atoms with van der Waals surface area (Å²) < 4.78 is 0. The second kappa shape index (κ2) is 8.32. The number of carboxylic acids is 1. The van der Waals surface area contributed by atoms with E-state index >= 15 is 0 Å². The number of rotatable bonds is 7. The Bertz CT molecular complexity index is 507. The van der Waals surface area contributed by atoms with Gasteiger partial charge in [0.05, 0.1) is 17.7 Å². The van der Waals surface area contributed by atoms with E-state index in [1.807, 2.05) is 0 Å². The summed E-state index contributed by atoms with van der Waals surface area (Å²) in [4.78, 5) is 15.1. The van der Waals surface area contributed by atoms with Gasteiger partial charge in [-0.2, -0.15) is 0 Å². The Morgan fingerprint density at radius 3 is 2.96 bits per heavy atom. The molecule has 0 aliphatic heterocycles. The number of carbonyl (C=O) groups is 1. The molecule has 0 aromatic carbocycles. The van der Waals surface area contributed by atoms with Gasteiger partial charge in [0.25, 0.3) is 0 Å². The normalized spacial score (nSPS) is 31.7. The first-order chi connectivity index (χ1) is 11.0. The average molecular weight is 323 g/mol. The SMILES string of the molecule is CCCCCC(O)C#CC1C(O)CC2C(=NOCC(=O)O)CC21. The minimum atomic E-state index is -1.06. The van der Waals surface area contributed by atoms with Crippen LogP contribution in [0.15, 0.2) is 5.16 Å². The van der Waals surface area contributed by atoms with E-state index in [0.29, 0.717) is 19.3 Å². The fraction of sp³-hybridized carbons (Fsp3) is 0.765. The van der Waals surface area contributed by atoms with Crippen molar-refractivity contribution in [2.24, 2.45) is 22.9 Å². The zero-order valence-electron chi connectivity index (χ0n) is 13.4. The van der Waals surface area contributed by atoms with Crippen LogP contribution < -0.4 is 0 Å². The van der Waals surface area contributed by atoms with Crippen LogP contribution in [0.1, 0.15) is 45.4 Å². The molecule has 2 saturated carbocycles. The minimum absolute atomic E-state index is 0.121. The highest BCUT2D eigenvalue weighted by atomic mass is 16.6. The zero-order valence-corrected chi connectivity index (χ0v) is 13.4. The molecule has 0 aromatic rings. The molecule has 0 radical (unpaired) electrons. The lowest BCUT2D eigenvalue weighted by Crippen LogP contribution is -2.36. The van der Waals surface area contributed by atoms with Crippen molar-refractivity contribution in [3.05, 3.63) is 0 Å². The average Bonchev–Trinajstić information content (AvgIpc) is 2.73. The summed E-state index contributed by atoms with van der Waals surface area (Å²) in [7, 11) is 0. The lowest BCUT2D eigenvalue weighted by Gasteiger charge is -2.33. The number of hydrogen-bond acceptors (Lipinski definition) is 5. The van der Waals surface area contributed by atoms with Gasteiger partial charge < -0.3 is 20.2 Å². The molecule has 128 valence electrons. The van der Waals surface area contributed by atoms with Crippen molar-refractivity contribution in [2.45, 2.75) is 57.7 Å². The zero-order chi connectivity index (χ0) is 16.8. The van der Waals surface area contributed by atoms with Crippen molar-refractivity contribution < 1.29 is 25.0 Å². The Morgan fingerprint density at radius 1 is 1.48 bits per heavy atom. The second-order valence-corrected chi connectivity index (χ2v) is 6.35. The first kappa shape index (κ1) is 17.8. The predicted molar refractivity (Wildman–Crippen MR) is 84.7 cm³/mol. The molecule has 6 nitrogen and oxygen atoms in total. The first-order valence-electron chi connectivity index (χ1n) is 8.30. The maximum absolute atomic E-state index is 10.4. The molecule has 5 atom stereocenters. The van der Waals surface area contributed by atoms with Crippen molar-refractivity contribution in [3.63, 3.8) is 0 Å². The van der Waals surface area contributed by atoms with Gasteiger partial charge in [-0.1, -0.05) is 36.8 Å². The maximum Gasteiger partial charge on any atom is 0.344 e. The number of unbranched alkanes of at least 4 members (excludes halogenated alkanes) is 2. The van der Waals surface area contributed by atoms with Crippen LogP contribution in [0.4, 0.5) is 0 Å². The summed E-state index contributed by atoms with van der Waals surface area (Å²) in [5.41, 5.74) is 0.808. The van der Waals surface area contributed by atoms with Crippen LogP contribution in [0.5, 0.6) is 0 Å². The molecule has 0 bridgehead atoms. The van der Waals surface area contributed by atoms with Crippen LogP contribution in [-0.4, -0.2) is 45.8 Å². The lowest BCUT2D eigenvalue weighted by molar-refractivity contribution is -0.142. The number of fused-ring (bicyclic) bond motifs is 1. The Balaban J connectivity index is 1.84. The van der Waals surface area contributed by atoms with Gasteiger partial charge in [0.15, 0.2) is 0 Å². The molecule has 3 N–H and O–H groups in total. The number of carboxylic acid groups (broad SMARTS) is 1. The van der Waals surface area contributed by atoms with Gasteiger partial charge in [-0.3, -0.25) is 0 Å². The van der Waals surface area contributed by atoms with Crippen LogP contribution >= 0.6 is 0 Å². The van der Waals surface area contributed by atoms with Crippen molar-refractivity contribution in [1.82, 2.24) is 0 Å². The van der Waals surface area contributed by atoms with Crippen molar-refractivity contribution in [1.29, 1.82) is 0 Å². The lowest BCUT2D eigenvalue weighted by atomic mass is 9.71. The summed E-state index contributed by atoms with van der Waals surface area (Å²) in [6.45, 7) is 1.67. The topological polar surface area (TPSA) is 99.4 Å². The van der Waals surface area contributed by atoms with Crippen molar-refractivity contribution in [3.8, 4) is 11.8 Å². The van der Waals surface area contributed by atoms with Gasteiger partial charge in [0, 0.05) is 5.92 Å². The summed E-state index contributed by atoms with van der Waals surface area (Å²) in [6, 6.07) is 0. The molecule has 0 aromatic heterocycles. The van der Waals surface area contributed by atoms with Gasteiger partial charge in [0.1, 0.15) is 6.10 Å². The Morgan fingerprint density at radius 2 is 2.26 bits per heavy atom. The molecule has 0 saturated heterocycles. The van der Waals surface area contributed by atoms with E-state index in [9.17, 15) is 15.0 Å². The highest BCUT2D eigenvalue weighted by Gasteiger charge is 2.51. The van der Waals surface area contributed by atoms with E-state index in [2.05, 4.69) is 23.9 Å². The van der Waals surface area contributed by atoms with Crippen LogP contribution in [0, 0.1) is 29.6 Å². The molecule has 2 rings (SSSR count). The fourth-order valence-electron chi connectivity index (χ4n) is 3.33. The van der Waals surface area contributed by atoms with E-state index in [4.69, 9.17) is 9.94 Å². The summed E-state index contributed by atoms with van der Waals surface area (Å²) in [6.07, 6.45) is 3.94. The third-order valence-electron chi connectivity index (χ3n) is 4.63. The summed E-state index contributed by atoms with van der Waals surface area (Å²) in [5.74, 6) is 5.07. The molecule has 2 fully saturated rings. The molecule has 2 aliphatic carbocycles. The number of aliphatic carboxylic acids is 1. The maximum atomic E-state index is 10.4. The van der Waals surface area contributed by atoms with E-state index in [1.54, 1.807) is 0 Å². The van der Waals surface area contributed by atoms with E-state index < -0.39 is 24.8 Å². The Hall–Kier alpha value is -1.58. The second-order valence-electron chi connectivity index (χ2n) is 6.35. The molecular formula is C17H25NO5. The third kappa shape index (κ3) is 4.69. The predicted octanol–water partition coefficient (Wildman–Crippen LogP) is 1.41. The molecule has 6 heteroatoms. The molecular weight excluding hydrogens is 298 g/mol. The van der Waals surface area contributed by atoms with Gasteiger partial charge in [0.2, 0.25) is 6.61 Å². The number of nitrogens with zero attached hydrogens (tertiary/aromatic N) is 1. The molecule has 0 amide bonds. The number of aliphatic hydroxyl groups excluding tert-OH is 2. The molecule has 23 heavy (non-hydrogen) atoms. The largest absolute Gasteiger partial charge is 0.479 e. The summed E-state index contributed by atoms with van der Waals surface area (Å²) >= 11 is 0. The van der Waals surface area contributed by atoms with E-state index in [0.717, 1.165) is 25.0 Å². The Kier molecular flexibility index (Phi) is 6.43. The molecule has 5 unspecified atom stereocenters. The van der Waals surface area contributed by atoms with Crippen molar-refractivity contribution >= 4 is 11.7 Å². The standard InChI is InChI=1S/C17H25NO5/c1-2-3-4-5-11(19)6-7-12-13-8-15(14(13)9-16(12)20)18-23-10-17(21)22/h11-14,16,19-20H,2-5,8-10H2,1H3,(H,21,22). The third-order valence-corrected chi connectivity index (χ3v) is 4.63. The van der Waals surface area contributed by atoms with Crippen LogP contribution in [0.2, 0.25) is 0 Å². The van der Waals surface area contributed by atoms with Crippen LogP contribution in [-0.2, 0) is 9.63 Å². The highest BCUT2D eigenvalue weighted by molar-refractivity contribution is 5.93. The quantitative estimate of drug-likeness (QED) is 0.374. The highest BCUT2D eigenvalue weighted by Crippen LogP contribution is 2.48. The smallest absolute Gasteiger partial charge is 0.344 e. The first-order valence-corrected chi connectivity index (χ1v) is 8.30. The number of aliphatic hydroxyl groups is 2. The fourth-order valence-corrected chi connectivity index (χ4v) is 3.33. The van der Waals surface area contributed by atoms with Gasteiger partial charge >= 0.3 is 5.97 Å². The minimum Gasteiger partial charge on any atom is -0.479 e. The molecule has 2 aliphatic rings. The van der Waals surface area contributed by atoms with Gasteiger partial charge in [-0.15, -0.1) is 0 Å². The van der Waals surface area contributed by atoms with Crippen LogP contribution in [0.3, 0.4) is 0 Å². The molecule has 0 heterocycles. The van der Waals surface area contributed by atoms with Crippen molar-refractivity contribution in [2.75, 3.05) is 6.61 Å². The monoisotopic (exact) mass is 323 g/mol. The number of oxime groups is 1. The molecule has 0 spiro atoms. The van der Waals surface area contributed by atoms with Gasteiger partial charge in [-0.05, 0) is 31.6 Å². The van der Waals surface area contributed by atoms with E-state index in [1.165, 1.54) is 0 Å². The van der Waals surface area contributed by atoms with Gasteiger partial charge in [-0.25, -0.2) is 4.79 Å². The summed E-state index contributed by atoms with van der Waals surface area (Å²) in [5, 5.41) is 32.4. The number of hydrogen-bond donors (Lipinski definition) is 3. The van der Waals surface area contributed by atoms with E-state index in [-0.39, 0.29) is 17.8 Å². The Labute approximate surface area is 136 Å². The van der Waals surface area contributed by atoms with Crippen LogP contribution in [0.25, 0.3) is 0 Å².